The van der Waals surface area contributed by atoms with Crippen LogP contribution in [0.2, 0.25) is 0 Å². The van der Waals surface area contributed by atoms with Crippen molar-refractivity contribution >= 4 is 56.3 Å². The number of carbonyl (C=O) groups excluding carboxylic acids is 4. The molecule has 200 valence electrons. The lowest BCUT2D eigenvalue weighted by molar-refractivity contribution is 0.0880. The first kappa shape index (κ1) is 24.1. The number of fused-ring (bicyclic) bond motifs is 4. The standard InChI is InChI=1S/C34H19N3O5/c38-29-23-13-19-15-25-26(34(42)37(33(25)41)21-11-9-18(10-12-21)17-5-1-2-6-17)16-20(19)14-24(23)30(39)28(29)31-35-27-8-4-3-7-22(27)32(40)36-31/h1,3-16,28H,2H2,(H,35,36,40). The third-order valence-electron chi connectivity index (χ3n) is 8.17. The van der Waals surface area contributed by atoms with Gasteiger partial charge < -0.3 is 4.98 Å². The predicted octanol–water partition coefficient (Wildman–Crippen LogP) is 5.38. The fourth-order valence-electron chi connectivity index (χ4n) is 6.07. The Bertz CT molecular complexity index is 2150. The number of hydrogen-bond acceptors (Lipinski definition) is 6. The summed E-state index contributed by atoms with van der Waals surface area (Å²) in [5, 5.41) is 1.46. The van der Waals surface area contributed by atoms with E-state index in [1.54, 1.807) is 60.7 Å². The zero-order valence-corrected chi connectivity index (χ0v) is 21.9. The van der Waals surface area contributed by atoms with Gasteiger partial charge in [0.1, 0.15) is 11.7 Å². The van der Waals surface area contributed by atoms with Crippen LogP contribution >= 0.6 is 0 Å². The molecule has 42 heavy (non-hydrogen) atoms. The van der Waals surface area contributed by atoms with Crippen molar-refractivity contribution in [3.05, 3.63) is 135 Å². The molecular weight excluding hydrogens is 530 g/mol. The van der Waals surface area contributed by atoms with Crippen molar-refractivity contribution in [1.29, 1.82) is 0 Å². The smallest absolute Gasteiger partial charge is 0.266 e. The van der Waals surface area contributed by atoms with Gasteiger partial charge >= 0.3 is 0 Å². The van der Waals surface area contributed by atoms with Gasteiger partial charge in [0.05, 0.1) is 27.7 Å². The topological polar surface area (TPSA) is 117 Å². The highest BCUT2D eigenvalue weighted by Crippen LogP contribution is 2.38. The molecule has 2 aliphatic carbocycles. The minimum Gasteiger partial charge on any atom is -0.309 e. The molecule has 0 atom stereocenters. The van der Waals surface area contributed by atoms with Crippen LogP contribution in [0, 0.1) is 0 Å². The number of nitrogens with zero attached hydrogens (tertiary/aromatic N) is 2. The van der Waals surface area contributed by atoms with E-state index in [-0.39, 0.29) is 28.1 Å². The van der Waals surface area contributed by atoms with Crippen LogP contribution in [0.15, 0.2) is 95.8 Å². The summed E-state index contributed by atoms with van der Waals surface area (Å²) in [6.07, 6.45) is 7.09. The molecule has 0 saturated carbocycles. The van der Waals surface area contributed by atoms with E-state index in [1.165, 1.54) is 0 Å². The molecule has 8 heteroatoms. The van der Waals surface area contributed by atoms with Gasteiger partial charge in [0, 0.05) is 11.1 Å². The Labute approximate surface area is 237 Å². The summed E-state index contributed by atoms with van der Waals surface area (Å²) < 4.78 is 0. The third kappa shape index (κ3) is 3.35. The molecule has 2 amide bonds. The maximum Gasteiger partial charge on any atom is 0.266 e. The molecule has 2 heterocycles. The Hall–Kier alpha value is -5.76. The van der Waals surface area contributed by atoms with Crippen molar-refractivity contribution in [1.82, 2.24) is 9.97 Å². The number of ketones is 2. The molecule has 0 radical (unpaired) electrons. The molecule has 5 aromatic rings. The molecule has 0 fully saturated rings. The summed E-state index contributed by atoms with van der Waals surface area (Å²) >= 11 is 0. The zero-order valence-electron chi connectivity index (χ0n) is 21.9. The number of aromatic amines is 1. The average molecular weight is 550 g/mol. The molecule has 0 unspecified atom stereocenters. The summed E-state index contributed by atoms with van der Waals surface area (Å²) in [5.41, 5.74) is 3.34. The van der Waals surface area contributed by atoms with E-state index >= 15 is 0 Å². The fourth-order valence-corrected chi connectivity index (χ4v) is 6.07. The Balaban J connectivity index is 1.17. The number of H-pyrrole nitrogens is 1. The quantitative estimate of drug-likeness (QED) is 0.238. The Morgan fingerprint density at radius 3 is 1.98 bits per heavy atom. The van der Waals surface area contributed by atoms with E-state index in [0.29, 0.717) is 27.4 Å². The number of Topliss-reactive ketones (excluding diaryl/α,β-unsaturated/α-hetero) is 2. The summed E-state index contributed by atoms with van der Waals surface area (Å²) in [4.78, 5) is 74.6. The fraction of sp³-hybridized carbons (Fsp3) is 0.0588. The first-order valence-corrected chi connectivity index (χ1v) is 13.4. The van der Waals surface area contributed by atoms with Crippen LogP contribution in [0.25, 0.3) is 27.2 Å². The van der Waals surface area contributed by atoms with Gasteiger partial charge in [-0.1, -0.05) is 42.5 Å². The minimum atomic E-state index is -1.28. The van der Waals surface area contributed by atoms with Crippen LogP contribution in [0.3, 0.4) is 0 Å². The van der Waals surface area contributed by atoms with Crippen LogP contribution in [-0.2, 0) is 0 Å². The molecule has 3 aliphatic rings. The molecule has 4 aromatic carbocycles. The van der Waals surface area contributed by atoms with Gasteiger partial charge in [-0.3, -0.25) is 24.0 Å². The number of rotatable bonds is 3. The number of nitrogens with one attached hydrogen (secondary N) is 1. The molecule has 0 saturated heterocycles. The number of amides is 2. The lowest BCUT2D eigenvalue weighted by Gasteiger charge is -2.14. The first-order chi connectivity index (χ1) is 20.4. The second-order valence-corrected chi connectivity index (χ2v) is 10.6. The number of para-hydroxylation sites is 1. The van der Waals surface area contributed by atoms with Gasteiger partial charge in [-0.05, 0) is 76.9 Å². The summed E-state index contributed by atoms with van der Waals surface area (Å²) in [6, 6.07) is 20.3. The number of imide groups is 1. The van der Waals surface area contributed by atoms with E-state index in [9.17, 15) is 24.0 Å². The van der Waals surface area contributed by atoms with Crippen LogP contribution in [0.4, 0.5) is 5.69 Å². The van der Waals surface area contributed by atoms with Crippen molar-refractivity contribution < 1.29 is 19.2 Å². The monoisotopic (exact) mass is 549 g/mol. The Kier molecular flexibility index (Phi) is 4.94. The Morgan fingerprint density at radius 2 is 1.36 bits per heavy atom. The van der Waals surface area contributed by atoms with Crippen LogP contribution in [0.1, 0.15) is 65.2 Å². The van der Waals surface area contributed by atoms with E-state index in [4.69, 9.17) is 0 Å². The van der Waals surface area contributed by atoms with E-state index in [0.717, 1.165) is 22.5 Å². The van der Waals surface area contributed by atoms with E-state index in [1.807, 2.05) is 18.2 Å². The minimum absolute atomic E-state index is 0.0105. The molecule has 1 N–H and O–H groups in total. The van der Waals surface area contributed by atoms with E-state index < -0.39 is 34.9 Å². The van der Waals surface area contributed by atoms with Crippen LogP contribution in [-0.4, -0.2) is 33.3 Å². The van der Waals surface area contributed by atoms with Crippen LogP contribution in [0.5, 0.6) is 0 Å². The highest BCUT2D eigenvalue weighted by atomic mass is 16.2. The SMILES string of the molecule is O=C1c2cc3cc4c(cc3cc2C(=O)C1c1nc2ccccc2c(=O)[nH]1)C(=O)N(c1ccc(C2=CCC=C2)cc1)C4=O. The largest absolute Gasteiger partial charge is 0.309 e. The molecule has 1 aliphatic heterocycles. The number of benzene rings is 4. The average Bonchev–Trinajstić information content (AvgIpc) is 3.68. The second kappa shape index (κ2) is 8.62. The van der Waals surface area contributed by atoms with Crippen molar-refractivity contribution in [3.63, 3.8) is 0 Å². The van der Waals surface area contributed by atoms with Crippen molar-refractivity contribution in [2.75, 3.05) is 4.90 Å². The molecule has 8 nitrogen and oxygen atoms in total. The second-order valence-electron chi connectivity index (χ2n) is 10.6. The maximum atomic E-state index is 13.5. The highest BCUT2D eigenvalue weighted by molar-refractivity contribution is 6.36. The molecule has 1 aromatic heterocycles. The third-order valence-corrected chi connectivity index (χ3v) is 8.17. The van der Waals surface area contributed by atoms with Gasteiger partial charge in [-0.15, -0.1) is 0 Å². The van der Waals surface area contributed by atoms with Crippen LogP contribution < -0.4 is 10.5 Å². The van der Waals surface area contributed by atoms with Crippen molar-refractivity contribution in [2.24, 2.45) is 0 Å². The highest BCUT2D eigenvalue weighted by Gasteiger charge is 2.42. The molecule has 8 rings (SSSR count). The molecular formula is C34H19N3O5. The Morgan fingerprint density at radius 1 is 0.738 bits per heavy atom. The number of hydrogen-bond donors (Lipinski definition) is 1. The van der Waals surface area contributed by atoms with Gasteiger partial charge in [0.15, 0.2) is 11.6 Å². The van der Waals surface area contributed by atoms with Gasteiger partial charge in [0.2, 0.25) is 0 Å². The van der Waals surface area contributed by atoms with Gasteiger partial charge in [-0.25, -0.2) is 9.88 Å². The lowest BCUT2D eigenvalue weighted by Crippen LogP contribution is -2.29. The predicted molar refractivity (Wildman–Crippen MR) is 157 cm³/mol. The zero-order chi connectivity index (χ0) is 28.7. The number of anilines is 1. The van der Waals surface area contributed by atoms with Crippen molar-refractivity contribution in [2.45, 2.75) is 12.3 Å². The molecule has 0 bridgehead atoms. The lowest BCUT2D eigenvalue weighted by atomic mass is 9.98. The number of allylic oxidation sites excluding steroid dienone is 4. The van der Waals surface area contributed by atoms with Gasteiger partial charge in [0.25, 0.3) is 17.4 Å². The normalized spacial score (nSPS) is 16.2. The summed E-state index contributed by atoms with van der Waals surface area (Å²) in [7, 11) is 0. The maximum absolute atomic E-state index is 13.5. The molecule has 0 spiro atoms. The summed E-state index contributed by atoms with van der Waals surface area (Å²) in [6.45, 7) is 0. The van der Waals surface area contributed by atoms with E-state index in [2.05, 4.69) is 22.1 Å². The number of carbonyl (C=O) groups is 4. The summed E-state index contributed by atoms with van der Waals surface area (Å²) in [5.74, 6) is -3.16. The van der Waals surface area contributed by atoms with Crippen molar-refractivity contribution in [3.8, 4) is 0 Å². The first-order valence-electron chi connectivity index (χ1n) is 13.4. The number of aromatic nitrogens is 2. The van der Waals surface area contributed by atoms with Gasteiger partial charge in [-0.2, -0.15) is 0 Å².